The maximum atomic E-state index is 5.70. The SMILES string of the molecule is C/C=C\C(Cl)(Cl)CC. The highest BCUT2D eigenvalue weighted by Crippen LogP contribution is 2.25. The second-order valence-electron chi connectivity index (χ2n) is 1.61. The maximum absolute atomic E-state index is 5.70. The summed E-state index contributed by atoms with van der Waals surface area (Å²) in [7, 11) is 0. The van der Waals surface area contributed by atoms with Crippen LogP contribution in [0.5, 0.6) is 0 Å². The van der Waals surface area contributed by atoms with E-state index in [1.807, 2.05) is 19.9 Å². The van der Waals surface area contributed by atoms with Gasteiger partial charge >= 0.3 is 0 Å². The van der Waals surface area contributed by atoms with Gasteiger partial charge in [0.15, 0.2) is 0 Å². The average molecular weight is 153 g/mol. The van der Waals surface area contributed by atoms with E-state index < -0.39 is 4.33 Å². The minimum Gasteiger partial charge on any atom is -0.0970 e. The lowest BCUT2D eigenvalue weighted by Crippen LogP contribution is -2.04. The molecular formula is C6H10Cl2. The van der Waals surface area contributed by atoms with E-state index in [1.165, 1.54) is 0 Å². The van der Waals surface area contributed by atoms with E-state index in [9.17, 15) is 0 Å². The van der Waals surface area contributed by atoms with Gasteiger partial charge in [0.25, 0.3) is 0 Å². The Morgan fingerprint density at radius 3 is 2.12 bits per heavy atom. The van der Waals surface area contributed by atoms with Crippen molar-refractivity contribution in [2.45, 2.75) is 24.6 Å². The van der Waals surface area contributed by atoms with E-state index in [1.54, 1.807) is 6.08 Å². The van der Waals surface area contributed by atoms with Gasteiger partial charge in [0.05, 0.1) is 0 Å². The number of allylic oxidation sites excluding steroid dienone is 2. The van der Waals surface area contributed by atoms with Gasteiger partial charge in [-0.2, -0.15) is 0 Å². The summed E-state index contributed by atoms with van der Waals surface area (Å²) in [4.78, 5) is 0. The molecule has 0 unspecified atom stereocenters. The Labute approximate surface area is 60.5 Å². The molecule has 0 fully saturated rings. The molecule has 0 nitrogen and oxygen atoms in total. The zero-order chi connectivity index (χ0) is 6.62. The summed E-state index contributed by atoms with van der Waals surface area (Å²) in [6.45, 7) is 3.84. The zero-order valence-electron chi connectivity index (χ0n) is 5.12. The molecule has 0 rings (SSSR count). The Balaban J connectivity index is 3.71. The van der Waals surface area contributed by atoms with Crippen LogP contribution >= 0.6 is 23.2 Å². The first kappa shape index (κ1) is 8.32. The van der Waals surface area contributed by atoms with Crippen LogP contribution in [0.1, 0.15) is 20.3 Å². The number of halogens is 2. The topological polar surface area (TPSA) is 0 Å². The van der Waals surface area contributed by atoms with Crippen LogP contribution in [0.4, 0.5) is 0 Å². The van der Waals surface area contributed by atoms with Crippen molar-refractivity contribution in [1.29, 1.82) is 0 Å². The highest BCUT2D eigenvalue weighted by atomic mass is 35.5. The van der Waals surface area contributed by atoms with Gasteiger partial charge < -0.3 is 0 Å². The molecule has 0 spiro atoms. The van der Waals surface area contributed by atoms with E-state index in [2.05, 4.69) is 0 Å². The number of hydrogen-bond acceptors (Lipinski definition) is 0. The molecule has 0 aliphatic heterocycles. The molecule has 0 saturated heterocycles. The standard InChI is InChI=1S/C6H10Cl2/c1-3-5-6(7,8)4-2/h3,5H,4H2,1-2H3/b5-3-. The summed E-state index contributed by atoms with van der Waals surface area (Å²) in [5.41, 5.74) is 0. The molecule has 0 aromatic carbocycles. The summed E-state index contributed by atoms with van der Waals surface area (Å²) in [6, 6.07) is 0. The summed E-state index contributed by atoms with van der Waals surface area (Å²) in [5.74, 6) is 0. The van der Waals surface area contributed by atoms with Crippen molar-refractivity contribution in [3.8, 4) is 0 Å². The van der Waals surface area contributed by atoms with Crippen molar-refractivity contribution >= 4 is 23.2 Å². The molecule has 0 amide bonds. The van der Waals surface area contributed by atoms with Gasteiger partial charge in [0.2, 0.25) is 0 Å². The van der Waals surface area contributed by atoms with E-state index in [-0.39, 0.29) is 0 Å². The molecular weight excluding hydrogens is 143 g/mol. The Morgan fingerprint density at radius 2 is 2.00 bits per heavy atom. The molecule has 0 heterocycles. The van der Waals surface area contributed by atoms with Gasteiger partial charge in [0.1, 0.15) is 4.33 Å². The predicted octanol–water partition coefficient (Wildman–Crippen LogP) is 3.15. The predicted molar refractivity (Wildman–Crippen MR) is 39.5 cm³/mol. The third kappa shape index (κ3) is 3.34. The van der Waals surface area contributed by atoms with Crippen molar-refractivity contribution in [2.24, 2.45) is 0 Å². The van der Waals surface area contributed by atoms with Crippen molar-refractivity contribution < 1.29 is 0 Å². The van der Waals surface area contributed by atoms with E-state index in [0.717, 1.165) is 6.42 Å². The van der Waals surface area contributed by atoms with Gasteiger partial charge in [-0.15, -0.1) is 0 Å². The quantitative estimate of drug-likeness (QED) is 0.422. The first-order valence-electron chi connectivity index (χ1n) is 2.64. The molecule has 0 atom stereocenters. The van der Waals surface area contributed by atoms with Gasteiger partial charge in [-0.25, -0.2) is 0 Å². The van der Waals surface area contributed by atoms with Gasteiger partial charge in [0, 0.05) is 0 Å². The minimum absolute atomic E-state index is 0.644. The average Bonchev–Trinajstić information content (AvgIpc) is 1.67. The summed E-state index contributed by atoms with van der Waals surface area (Å²) in [5, 5.41) is 0. The largest absolute Gasteiger partial charge is 0.136 e. The Morgan fingerprint density at radius 1 is 1.50 bits per heavy atom. The fourth-order valence-electron chi connectivity index (χ4n) is 0.362. The fourth-order valence-corrected chi connectivity index (χ4v) is 0.614. The number of hydrogen-bond donors (Lipinski definition) is 0. The molecule has 0 saturated carbocycles. The third-order valence-corrected chi connectivity index (χ3v) is 1.67. The molecule has 0 N–H and O–H groups in total. The molecule has 0 aliphatic carbocycles. The van der Waals surface area contributed by atoms with Crippen LogP contribution in [0.15, 0.2) is 12.2 Å². The second kappa shape index (κ2) is 3.37. The molecule has 2 heteroatoms. The van der Waals surface area contributed by atoms with E-state index >= 15 is 0 Å². The van der Waals surface area contributed by atoms with Crippen molar-refractivity contribution in [1.82, 2.24) is 0 Å². The summed E-state index contributed by atoms with van der Waals surface area (Å²) in [6.07, 6.45) is 4.38. The third-order valence-electron chi connectivity index (χ3n) is 0.882. The normalized spacial score (nSPS) is 13.0. The lowest BCUT2D eigenvalue weighted by atomic mass is 10.3. The second-order valence-corrected chi connectivity index (χ2v) is 3.16. The summed E-state index contributed by atoms with van der Waals surface area (Å²) < 4.78 is -0.644. The lowest BCUT2D eigenvalue weighted by Gasteiger charge is -2.09. The van der Waals surface area contributed by atoms with Crippen LogP contribution in [0, 0.1) is 0 Å². The molecule has 0 aromatic rings. The number of alkyl halides is 2. The lowest BCUT2D eigenvalue weighted by molar-refractivity contribution is 0.894. The van der Waals surface area contributed by atoms with Crippen LogP contribution in [0.2, 0.25) is 0 Å². The van der Waals surface area contributed by atoms with Crippen LogP contribution < -0.4 is 0 Å². The monoisotopic (exact) mass is 152 g/mol. The van der Waals surface area contributed by atoms with Crippen LogP contribution in [0.3, 0.4) is 0 Å². The molecule has 0 aromatic heterocycles. The van der Waals surface area contributed by atoms with Gasteiger partial charge in [-0.05, 0) is 13.3 Å². The van der Waals surface area contributed by atoms with E-state index in [0.29, 0.717) is 0 Å². The van der Waals surface area contributed by atoms with Crippen molar-refractivity contribution in [2.75, 3.05) is 0 Å². The first-order valence-corrected chi connectivity index (χ1v) is 3.39. The highest BCUT2D eigenvalue weighted by molar-refractivity contribution is 6.49. The van der Waals surface area contributed by atoms with Crippen LogP contribution in [-0.4, -0.2) is 4.33 Å². The Kier molecular flexibility index (Phi) is 3.50. The first-order chi connectivity index (χ1) is 3.62. The molecule has 0 radical (unpaired) electrons. The minimum atomic E-state index is -0.644. The zero-order valence-corrected chi connectivity index (χ0v) is 6.63. The van der Waals surface area contributed by atoms with Crippen molar-refractivity contribution in [3.63, 3.8) is 0 Å². The number of rotatable bonds is 2. The Bertz CT molecular complexity index is 84.5. The van der Waals surface area contributed by atoms with Gasteiger partial charge in [-0.3, -0.25) is 0 Å². The van der Waals surface area contributed by atoms with E-state index in [4.69, 9.17) is 23.2 Å². The smallest absolute Gasteiger partial charge is 0.0970 e. The molecule has 0 bridgehead atoms. The molecule has 48 valence electrons. The molecule has 0 aliphatic rings. The van der Waals surface area contributed by atoms with Crippen LogP contribution in [0.25, 0.3) is 0 Å². The Hall–Kier alpha value is 0.320. The fraction of sp³-hybridized carbons (Fsp3) is 0.667. The van der Waals surface area contributed by atoms with Crippen LogP contribution in [-0.2, 0) is 0 Å². The highest BCUT2D eigenvalue weighted by Gasteiger charge is 2.14. The van der Waals surface area contributed by atoms with Gasteiger partial charge in [-0.1, -0.05) is 42.3 Å². The van der Waals surface area contributed by atoms with Crippen molar-refractivity contribution in [3.05, 3.63) is 12.2 Å². The maximum Gasteiger partial charge on any atom is 0.136 e. The summed E-state index contributed by atoms with van der Waals surface area (Å²) >= 11 is 11.4. The molecule has 8 heavy (non-hydrogen) atoms.